The summed E-state index contributed by atoms with van der Waals surface area (Å²) in [6, 6.07) is 9.73. The number of rotatable bonds is 6. The number of carbonyl (C=O) groups excluding carboxylic acids is 3. The molecule has 2 aliphatic rings. The van der Waals surface area contributed by atoms with Crippen molar-refractivity contribution < 1.29 is 28.6 Å². The molecule has 2 aromatic rings. The Morgan fingerprint density at radius 2 is 1.81 bits per heavy atom. The number of ether oxygens (including phenoxy) is 3. The molecule has 1 saturated carbocycles. The maximum Gasteiger partial charge on any atom is 0.338 e. The minimum absolute atomic E-state index is 0.142. The molecule has 2 aromatic carbocycles. The van der Waals surface area contributed by atoms with Crippen molar-refractivity contribution in [3.05, 3.63) is 52.5 Å². The molecule has 1 aliphatic heterocycles. The fourth-order valence-electron chi connectivity index (χ4n) is 3.75. The van der Waals surface area contributed by atoms with Gasteiger partial charge in [0, 0.05) is 6.04 Å². The predicted octanol–water partition coefficient (Wildman–Crippen LogP) is 3.58. The van der Waals surface area contributed by atoms with Crippen LogP contribution in [0.15, 0.2) is 36.4 Å². The molecule has 32 heavy (non-hydrogen) atoms. The average molecular weight is 459 g/mol. The Morgan fingerprint density at radius 3 is 2.62 bits per heavy atom. The highest BCUT2D eigenvalue weighted by Gasteiger charge is 2.22. The molecule has 1 fully saturated rings. The van der Waals surface area contributed by atoms with Crippen molar-refractivity contribution in [1.29, 1.82) is 0 Å². The maximum atomic E-state index is 12.6. The van der Waals surface area contributed by atoms with E-state index in [0.717, 1.165) is 25.7 Å². The van der Waals surface area contributed by atoms with Gasteiger partial charge in [0.2, 0.25) is 0 Å². The molecule has 0 bridgehead atoms. The molecule has 0 saturated heterocycles. The number of anilines is 1. The summed E-state index contributed by atoms with van der Waals surface area (Å²) in [6.45, 7) is 0.193. The van der Waals surface area contributed by atoms with Crippen molar-refractivity contribution in [1.82, 2.24) is 5.32 Å². The Kier molecular flexibility index (Phi) is 6.80. The minimum atomic E-state index is -0.730. The molecule has 9 heteroatoms. The molecular weight excluding hydrogens is 436 g/mol. The van der Waals surface area contributed by atoms with Gasteiger partial charge in [-0.3, -0.25) is 9.59 Å². The zero-order valence-electron chi connectivity index (χ0n) is 17.3. The summed E-state index contributed by atoms with van der Waals surface area (Å²) in [5.41, 5.74) is 0.854. The van der Waals surface area contributed by atoms with E-state index in [1.54, 1.807) is 24.3 Å². The Morgan fingerprint density at radius 1 is 1.06 bits per heavy atom. The lowest BCUT2D eigenvalue weighted by Crippen LogP contribution is -2.33. The van der Waals surface area contributed by atoms with Crippen LogP contribution >= 0.6 is 11.6 Å². The van der Waals surface area contributed by atoms with Gasteiger partial charge in [-0.05, 0) is 37.1 Å². The van der Waals surface area contributed by atoms with Gasteiger partial charge in [-0.25, -0.2) is 4.79 Å². The maximum absolute atomic E-state index is 12.6. The summed E-state index contributed by atoms with van der Waals surface area (Å²) < 4.78 is 16.0. The zero-order valence-corrected chi connectivity index (χ0v) is 18.1. The molecule has 4 rings (SSSR count). The molecule has 168 valence electrons. The third kappa shape index (κ3) is 5.13. The molecule has 8 nitrogen and oxygen atoms in total. The summed E-state index contributed by atoms with van der Waals surface area (Å²) in [7, 11) is 0. The zero-order chi connectivity index (χ0) is 22.5. The first-order chi connectivity index (χ1) is 15.5. The first kappa shape index (κ1) is 22.0. The summed E-state index contributed by atoms with van der Waals surface area (Å²) in [6.07, 6.45) is 4.12. The number of carbonyl (C=O) groups is 3. The standard InChI is InChI=1S/C23H23ClN2O6/c24-17-11-14(12-19-21(17)31-10-9-30-19)23(29)32-13-20(27)26-18-8-4-3-7-16(18)22(28)25-15-5-1-2-6-15/h3-4,7-8,11-12,15H,1-2,5-6,9-10,13H2,(H,25,28)(H,26,27). The summed E-state index contributed by atoms with van der Waals surface area (Å²) in [4.78, 5) is 37.4. The molecule has 0 atom stereocenters. The summed E-state index contributed by atoms with van der Waals surface area (Å²) in [5, 5.41) is 5.86. The number of benzene rings is 2. The number of nitrogens with one attached hydrogen (secondary N) is 2. The van der Waals surface area contributed by atoms with E-state index in [-0.39, 0.29) is 22.5 Å². The number of hydrogen-bond donors (Lipinski definition) is 2. The molecule has 2 amide bonds. The Labute approximate surface area is 190 Å². The van der Waals surface area contributed by atoms with Gasteiger partial charge in [-0.1, -0.05) is 36.6 Å². The lowest BCUT2D eigenvalue weighted by molar-refractivity contribution is -0.119. The molecule has 0 aromatic heterocycles. The van der Waals surface area contributed by atoms with Gasteiger partial charge in [-0.2, -0.15) is 0 Å². The largest absolute Gasteiger partial charge is 0.486 e. The van der Waals surface area contributed by atoms with Crippen LogP contribution in [0.1, 0.15) is 46.4 Å². The second kappa shape index (κ2) is 9.91. The van der Waals surface area contributed by atoms with Crippen LogP contribution in [0.3, 0.4) is 0 Å². The molecule has 1 aliphatic carbocycles. The van der Waals surface area contributed by atoms with Crippen LogP contribution in [0, 0.1) is 0 Å². The van der Waals surface area contributed by atoms with E-state index in [9.17, 15) is 14.4 Å². The van der Waals surface area contributed by atoms with E-state index in [1.807, 2.05) is 0 Å². The smallest absolute Gasteiger partial charge is 0.338 e. The Balaban J connectivity index is 1.36. The molecule has 0 radical (unpaired) electrons. The summed E-state index contributed by atoms with van der Waals surface area (Å²) in [5.74, 6) is -0.813. The van der Waals surface area contributed by atoms with Gasteiger partial charge in [0.25, 0.3) is 11.8 Å². The van der Waals surface area contributed by atoms with Crippen molar-refractivity contribution in [3.63, 3.8) is 0 Å². The van der Waals surface area contributed by atoms with E-state index in [0.29, 0.717) is 36.0 Å². The van der Waals surface area contributed by atoms with Gasteiger partial charge in [0.1, 0.15) is 13.2 Å². The van der Waals surface area contributed by atoms with Crippen LogP contribution in [0.2, 0.25) is 5.02 Å². The van der Waals surface area contributed by atoms with Crippen LogP contribution in [-0.2, 0) is 9.53 Å². The van der Waals surface area contributed by atoms with Crippen LogP contribution < -0.4 is 20.1 Å². The quantitative estimate of drug-likeness (QED) is 0.641. The number of amides is 2. The van der Waals surface area contributed by atoms with E-state index < -0.39 is 18.5 Å². The van der Waals surface area contributed by atoms with Gasteiger partial charge in [0.05, 0.1) is 21.8 Å². The first-order valence-electron chi connectivity index (χ1n) is 10.5. The molecule has 1 heterocycles. The number of para-hydroxylation sites is 1. The highest BCUT2D eigenvalue weighted by atomic mass is 35.5. The van der Waals surface area contributed by atoms with Crippen molar-refractivity contribution in [2.75, 3.05) is 25.1 Å². The highest BCUT2D eigenvalue weighted by Crippen LogP contribution is 2.38. The normalized spacial score (nSPS) is 15.2. The van der Waals surface area contributed by atoms with E-state index in [1.165, 1.54) is 12.1 Å². The lowest BCUT2D eigenvalue weighted by Gasteiger charge is -2.20. The van der Waals surface area contributed by atoms with Gasteiger partial charge >= 0.3 is 5.97 Å². The summed E-state index contributed by atoms with van der Waals surface area (Å²) >= 11 is 6.14. The molecule has 2 N–H and O–H groups in total. The fraction of sp³-hybridized carbons (Fsp3) is 0.348. The molecular formula is C23H23ClN2O6. The van der Waals surface area contributed by atoms with Gasteiger partial charge < -0.3 is 24.8 Å². The number of hydrogen-bond acceptors (Lipinski definition) is 6. The highest BCUT2D eigenvalue weighted by molar-refractivity contribution is 6.32. The van der Waals surface area contributed by atoms with Gasteiger partial charge in [0.15, 0.2) is 18.1 Å². The van der Waals surface area contributed by atoms with E-state index in [2.05, 4.69) is 10.6 Å². The average Bonchev–Trinajstić information content (AvgIpc) is 3.31. The number of halogens is 1. The van der Waals surface area contributed by atoms with Gasteiger partial charge in [-0.15, -0.1) is 0 Å². The topological polar surface area (TPSA) is 103 Å². The molecule has 0 unspecified atom stereocenters. The van der Waals surface area contributed by atoms with Crippen molar-refractivity contribution >= 4 is 35.1 Å². The Hall–Kier alpha value is -3.26. The predicted molar refractivity (Wildman–Crippen MR) is 118 cm³/mol. The number of esters is 1. The van der Waals surface area contributed by atoms with Crippen molar-refractivity contribution in [3.8, 4) is 11.5 Å². The van der Waals surface area contributed by atoms with Crippen LogP contribution in [-0.4, -0.2) is 43.6 Å². The van der Waals surface area contributed by atoms with Crippen LogP contribution in [0.25, 0.3) is 0 Å². The third-order valence-electron chi connectivity index (χ3n) is 5.30. The fourth-order valence-corrected chi connectivity index (χ4v) is 4.02. The molecule has 0 spiro atoms. The Bertz CT molecular complexity index is 1040. The van der Waals surface area contributed by atoms with Crippen molar-refractivity contribution in [2.45, 2.75) is 31.7 Å². The van der Waals surface area contributed by atoms with E-state index >= 15 is 0 Å². The second-order valence-corrected chi connectivity index (χ2v) is 8.01. The monoisotopic (exact) mass is 458 g/mol. The van der Waals surface area contributed by atoms with Crippen molar-refractivity contribution in [2.24, 2.45) is 0 Å². The van der Waals surface area contributed by atoms with Crippen LogP contribution in [0.5, 0.6) is 11.5 Å². The minimum Gasteiger partial charge on any atom is -0.486 e. The second-order valence-electron chi connectivity index (χ2n) is 7.61. The van der Waals surface area contributed by atoms with E-state index in [4.69, 9.17) is 25.8 Å². The third-order valence-corrected chi connectivity index (χ3v) is 5.58. The SMILES string of the molecule is O=C(COC(=O)c1cc(Cl)c2c(c1)OCCO2)Nc1ccccc1C(=O)NC1CCCC1. The number of fused-ring (bicyclic) bond motifs is 1. The van der Waals surface area contributed by atoms with Crippen LogP contribution in [0.4, 0.5) is 5.69 Å². The lowest BCUT2D eigenvalue weighted by atomic mass is 10.1. The first-order valence-corrected chi connectivity index (χ1v) is 10.8.